The molecule has 0 amide bonds. The third-order valence-corrected chi connectivity index (χ3v) is 7.86. The molecule has 2 spiro atoms. The van der Waals surface area contributed by atoms with Gasteiger partial charge in [-0.2, -0.15) is 5.26 Å². The maximum absolute atomic E-state index is 12.3. The van der Waals surface area contributed by atoms with Crippen LogP contribution in [0.1, 0.15) is 36.0 Å². The average Bonchev–Trinajstić information content (AvgIpc) is 3.30. The summed E-state index contributed by atoms with van der Waals surface area (Å²) < 4.78 is 18.8. The molecule has 6 rings (SSSR count). The van der Waals surface area contributed by atoms with Crippen LogP contribution in [0, 0.1) is 11.3 Å². The van der Waals surface area contributed by atoms with Crippen LogP contribution in [0.5, 0.6) is 5.75 Å². The van der Waals surface area contributed by atoms with E-state index in [0.29, 0.717) is 37.4 Å². The molecule has 0 aromatic heterocycles. The first-order chi connectivity index (χ1) is 13.6. The zero-order valence-electron chi connectivity index (χ0n) is 15.8. The molecule has 1 aromatic carbocycles. The largest absolute Gasteiger partial charge is 0.482 e. The number of likely N-dealkylation sites (tertiary alicyclic amines) is 1. The van der Waals surface area contributed by atoms with Crippen molar-refractivity contribution in [2.75, 3.05) is 26.3 Å². The number of hydrogen-bond acceptors (Lipinski definition) is 6. The van der Waals surface area contributed by atoms with Crippen LogP contribution in [-0.2, 0) is 21.3 Å². The summed E-state index contributed by atoms with van der Waals surface area (Å²) in [5, 5.41) is 22.0. The molecule has 0 radical (unpaired) electrons. The van der Waals surface area contributed by atoms with Crippen molar-refractivity contribution < 1.29 is 19.3 Å². The number of fused-ring (bicyclic) bond motifs is 1. The van der Waals surface area contributed by atoms with Crippen molar-refractivity contribution in [2.45, 2.75) is 54.6 Å². The Bertz CT molecular complexity index is 918. The van der Waals surface area contributed by atoms with Crippen LogP contribution in [0.15, 0.2) is 24.8 Å². The molecular formula is C22H24N2O4. The molecule has 4 atom stereocenters. The van der Waals surface area contributed by atoms with Gasteiger partial charge in [-0.1, -0.05) is 12.1 Å². The highest BCUT2D eigenvalue weighted by Crippen LogP contribution is 2.67. The van der Waals surface area contributed by atoms with Crippen LogP contribution < -0.4 is 4.74 Å². The normalized spacial score (nSPS) is 39.3. The molecule has 3 aliphatic heterocycles. The molecule has 146 valence electrons. The SMILES string of the molecule is C=CCN1CCC23c4c5ccc(C#N)c4OC2C2(CCC3(O)C1C5)OCCO2. The second-order valence-corrected chi connectivity index (χ2v) is 8.74. The van der Waals surface area contributed by atoms with Gasteiger partial charge >= 0.3 is 0 Å². The average molecular weight is 380 g/mol. The van der Waals surface area contributed by atoms with Crippen LogP contribution in [-0.4, -0.2) is 59.8 Å². The predicted molar refractivity (Wildman–Crippen MR) is 99.9 cm³/mol. The third kappa shape index (κ3) is 1.69. The first-order valence-corrected chi connectivity index (χ1v) is 10.2. The van der Waals surface area contributed by atoms with E-state index in [1.54, 1.807) is 0 Å². The topological polar surface area (TPSA) is 75.0 Å². The van der Waals surface area contributed by atoms with Crippen LogP contribution in [0.25, 0.3) is 0 Å². The maximum atomic E-state index is 12.3. The Morgan fingerprint density at radius 1 is 1.29 bits per heavy atom. The Labute approximate surface area is 164 Å². The monoisotopic (exact) mass is 380 g/mol. The second kappa shape index (κ2) is 5.37. The van der Waals surface area contributed by atoms with Crippen LogP contribution in [0.2, 0.25) is 0 Å². The van der Waals surface area contributed by atoms with Gasteiger partial charge in [0, 0.05) is 24.6 Å². The van der Waals surface area contributed by atoms with E-state index >= 15 is 0 Å². The van der Waals surface area contributed by atoms with E-state index in [-0.39, 0.29) is 6.04 Å². The van der Waals surface area contributed by atoms with Crippen molar-refractivity contribution in [1.29, 1.82) is 5.26 Å². The Hall–Kier alpha value is -1.91. The molecule has 2 bridgehead atoms. The number of nitrogens with zero attached hydrogens (tertiary/aromatic N) is 2. The minimum Gasteiger partial charge on any atom is -0.482 e. The van der Waals surface area contributed by atoms with E-state index in [0.717, 1.165) is 31.5 Å². The lowest BCUT2D eigenvalue weighted by atomic mass is 9.48. The van der Waals surface area contributed by atoms with Gasteiger partial charge in [0.25, 0.3) is 0 Å². The van der Waals surface area contributed by atoms with Crippen molar-refractivity contribution in [3.63, 3.8) is 0 Å². The molecule has 6 nitrogen and oxygen atoms in total. The predicted octanol–water partition coefficient (Wildman–Crippen LogP) is 1.64. The first-order valence-electron chi connectivity index (χ1n) is 10.2. The van der Waals surface area contributed by atoms with E-state index in [9.17, 15) is 10.4 Å². The summed E-state index contributed by atoms with van der Waals surface area (Å²) >= 11 is 0. The van der Waals surface area contributed by atoms with E-state index in [2.05, 4.69) is 17.5 Å². The minimum absolute atomic E-state index is 0.00418. The summed E-state index contributed by atoms with van der Waals surface area (Å²) in [6, 6.07) is 6.18. The molecule has 2 aliphatic carbocycles. The van der Waals surface area contributed by atoms with Crippen molar-refractivity contribution in [3.8, 4) is 11.8 Å². The van der Waals surface area contributed by atoms with E-state index < -0.39 is 22.9 Å². The van der Waals surface area contributed by atoms with Crippen molar-refractivity contribution in [2.24, 2.45) is 0 Å². The van der Waals surface area contributed by atoms with Crippen molar-refractivity contribution in [3.05, 3.63) is 41.5 Å². The molecule has 1 N–H and O–H groups in total. The van der Waals surface area contributed by atoms with Gasteiger partial charge in [0.2, 0.25) is 5.79 Å². The summed E-state index contributed by atoms with van der Waals surface area (Å²) in [6.07, 6.45) is 4.18. The number of nitriles is 1. The Morgan fingerprint density at radius 3 is 2.86 bits per heavy atom. The fraction of sp³-hybridized carbons (Fsp3) is 0.591. The first kappa shape index (κ1) is 17.0. The smallest absolute Gasteiger partial charge is 0.207 e. The van der Waals surface area contributed by atoms with Gasteiger partial charge in [-0.25, -0.2) is 0 Å². The number of hydrogen-bond donors (Lipinski definition) is 1. The lowest BCUT2D eigenvalue weighted by Crippen LogP contribution is -2.79. The summed E-state index contributed by atoms with van der Waals surface area (Å²) in [5.74, 6) is -0.197. The zero-order valence-corrected chi connectivity index (χ0v) is 15.8. The van der Waals surface area contributed by atoms with Gasteiger partial charge < -0.3 is 19.3 Å². The molecule has 5 aliphatic rings. The summed E-state index contributed by atoms with van der Waals surface area (Å²) in [4.78, 5) is 2.35. The molecule has 1 aromatic rings. The molecule has 6 heteroatoms. The van der Waals surface area contributed by atoms with Gasteiger partial charge in [0.1, 0.15) is 11.8 Å². The molecular weight excluding hydrogens is 356 g/mol. The Morgan fingerprint density at radius 2 is 2.11 bits per heavy atom. The fourth-order valence-corrected chi connectivity index (χ4v) is 6.84. The van der Waals surface area contributed by atoms with Gasteiger partial charge in [0.05, 0.1) is 29.8 Å². The maximum Gasteiger partial charge on any atom is 0.207 e. The fourth-order valence-electron chi connectivity index (χ4n) is 6.84. The number of aliphatic hydroxyl groups is 1. The molecule has 3 fully saturated rings. The van der Waals surface area contributed by atoms with Crippen LogP contribution in [0.3, 0.4) is 0 Å². The van der Waals surface area contributed by atoms with Crippen molar-refractivity contribution in [1.82, 2.24) is 4.90 Å². The molecule has 2 saturated heterocycles. The quantitative estimate of drug-likeness (QED) is 0.787. The van der Waals surface area contributed by atoms with Crippen molar-refractivity contribution >= 4 is 0 Å². The lowest BCUT2D eigenvalue weighted by Gasteiger charge is -2.65. The van der Waals surface area contributed by atoms with Gasteiger partial charge in [-0.3, -0.25) is 4.90 Å². The molecule has 28 heavy (non-hydrogen) atoms. The second-order valence-electron chi connectivity index (χ2n) is 8.74. The highest BCUT2D eigenvalue weighted by atomic mass is 16.8. The number of ether oxygens (including phenoxy) is 3. The number of rotatable bonds is 2. The van der Waals surface area contributed by atoms with Gasteiger partial charge in [-0.15, -0.1) is 6.58 Å². The summed E-state index contributed by atoms with van der Waals surface area (Å²) in [7, 11) is 0. The molecule has 1 saturated carbocycles. The minimum atomic E-state index is -0.939. The van der Waals surface area contributed by atoms with Crippen LogP contribution >= 0.6 is 0 Å². The lowest BCUT2D eigenvalue weighted by molar-refractivity contribution is -0.296. The molecule has 4 unspecified atom stereocenters. The van der Waals surface area contributed by atoms with E-state index in [4.69, 9.17) is 14.2 Å². The van der Waals surface area contributed by atoms with E-state index in [1.807, 2.05) is 18.2 Å². The van der Waals surface area contributed by atoms with Gasteiger partial charge in [0.15, 0.2) is 6.10 Å². The summed E-state index contributed by atoms with van der Waals surface area (Å²) in [6.45, 7) is 6.59. The Kier molecular flexibility index (Phi) is 3.26. The third-order valence-electron chi connectivity index (χ3n) is 7.86. The standard InChI is InChI=1S/C22H24N2O4/c1-2-8-24-9-7-20-17-14-3-4-15(13-23)18(17)28-19(20)22(26-10-11-27-22)6-5-21(20,25)16(24)12-14/h2-4,16,19,25H,1,5-12H2. The number of piperidine rings is 1. The van der Waals surface area contributed by atoms with Gasteiger partial charge in [-0.05, 0) is 37.4 Å². The van der Waals surface area contributed by atoms with Crippen LogP contribution in [0.4, 0.5) is 0 Å². The molecule has 3 heterocycles. The van der Waals surface area contributed by atoms with E-state index in [1.165, 1.54) is 5.56 Å². The summed E-state index contributed by atoms with van der Waals surface area (Å²) in [5.41, 5.74) is 1.20. The highest BCUT2D eigenvalue weighted by molar-refractivity contribution is 5.63. The zero-order chi connectivity index (χ0) is 19.1. The Balaban J connectivity index is 1.62. The number of benzene rings is 1. The highest BCUT2D eigenvalue weighted by Gasteiger charge is 2.77.